The van der Waals surface area contributed by atoms with Crippen molar-refractivity contribution in [3.05, 3.63) is 35.9 Å². The van der Waals surface area contributed by atoms with E-state index in [0.29, 0.717) is 12.6 Å². The second-order valence-electron chi connectivity index (χ2n) is 5.12. The lowest BCUT2D eigenvalue weighted by Gasteiger charge is -2.37. The lowest BCUT2D eigenvalue weighted by atomic mass is 10.1. The van der Waals surface area contributed by atoms with Crippen LogP contribution in [0, 0.1) is 0 Å². The molecule has 0 aliphatic carbocycles. The van der Waals surface area contributed by atoms with Crippen molar-refractivity contribution in [3.8, 4) is 0 Å². The molecule has 1 fully saturated rings. The molecule has 0 bridgehead atoms. The van der Waals surface area contributed by atoms with E-state index in [0.717, 1.165) is 26.1 Å². The number of ether oxygens (including phenoxy) is 1. The minimum atomic E-state index is 0.220. The Bertz CT molecular complexity index is 342. The molecule has 1 aromatic rings. The summed E-state index contributed by atoms with van der Waals surface area (Å²) in [7, 11) is 0. The molecule has 2 atom stereocenters. The number of nitrogens with two attached hydrogens (primary N) is 1. The van der Waals surface area contributed by atoms with Gasteiger partial charge in [0.25, 0.3) is 0 Å². The lowest BCUT2D eigenvalue weighted by Crippen LogP contribution is -2.50. The molecule has 0 radical (unpaired) electrons. The molecule has 1 aliphatic heterocycles. The predicted molar refractivity (Wildman–Crippen MR) is 74.6 cm³/mol. The fourth-order valence-electron chi connectivity index (χ4n) is 2.46. The molecule has 1 aliphatic rings. The van der Waals surface area contributed by atoms with Crippen molar-refractivity contribution in [3.63, 3.8) is 0 Å². The summed E-state index contributed by atoms with van der Waals surface area (Å²) in [4.78, 5) is 2.50. The van der Waals surface area contributed by atoms with Crippen LogP contribution in [0.25, 0.3) is 0 Å². The third-order valence-corrected chi connectivity index (χ3v) is 3.65. The SMILES string of the molecule is CC1COC(CN)CN1CCCc1ccccc1. The average molecular weight is 248 g/mol. The fraction of sp³-hybridized carbons (Fsp3) is 0.600. The van der Waals surface area contributed by atoms with E-state index in [-0.39, 0.29) is 6.10 Å². The first-order valence-corrected chi connectivity index (χ1v) is 6.89. The van der Waals surface area contributed by atoms with Crippen molar-refractivity contribution < 1.29 is 4.74 Å². The van der Waals surface area contributed by atoms with Crippen LogP contribution >= 0.6 is 0 Å². The quantitative estimate of drug-likeness (QED) is 0.861. The second kappa shape index (κ2) is 6.88. The van der Waals surface area contributed by atoms with E-state index in [1.165, 1.54) is 12.0 Å². The van der Waals surface area contributed by atoms with Gasteiger partial charge >= 0.3 is 0 Å². The zero-order valence-electron chi connectivity index (χ0n) is 11.2. The largest absolute Gasteiger partial charge is 0.374 e. The maximum atomic E-state index is 5.68. The summed E-state index contributed by atoms with van der Waals surface area (Å²) in [5, 5.41) is 0. The summed E-state index contributed by atoms with van der Waals surface area (Å²) in [5.41, 5.74) is 7.10. The van der Waals surface area contributed by atoms with Gasteiger partial charge in [-0.3, -0.25) is 4.90 Å². The summed E-state index contributed by atoms with van der Waals surface area (Å²) >= 11 is 0. The Morgan fingerprint density at radius 1 is 1.33 bits per heavy atom. The van der Waals surface area contributed by atoms with Crippen LogP contribution in [0.3, 0.4) is 0 Å². The topological polar surface area (TPSA) is 38.5 Å². The van der Waals surface area contributed by atoms with Crippen LogP contribution in [0.2, 0.25) is 0 Å². The van der Waals surface area contributed by atoms with Crippen molar-refractivity contribution in [2.75, 3.05) is 26.2 Å². The molecule has 1 aromatic carbocycles. The number of rotatable bonds is 5. The molecule has 100 valence electrons. The van der Waals surface area contributed by atoms with Crippen LogP contribution in [0.15, 0.2) is 30.3 Å². The van der Waals surface area contributed by atoms with Gasteiger partial charge in [-0.25, -0.2) is 0 Å². The van der Waals surface area contributed by atoms with E-state index >= 15 is 0 Å². The summed E-state index contributed by atoms with van der Waals surface area (Å²) in [5.74, 6) is 0. The van der Waals surface area contributed by atoms with Crippen molar-refractivity contribution in [2.24, 2.45) is 5.73 Å². The van der Waals surface area contributed by atoms with Gasteiger partial charge in [-0.05, 0) is 31.9 Å². The molecule has 2 rings (SSSR count). The van der Waals surface area contributed by atoms with E-state index < -0.39 is 0 Å². The molecule has 0 amide bonds. The molecule has 1 heterocycles. The molecule has 3 nitrogen and oxygen atoms in total. The Balaban J connectivity index is 1.75. The maximum absolute atomic E-state index is 5.68. The predicted octanol–water partition coefficient (Wildman–Crippen LogP) is 1.67. The summed E-state index contributed by atoms with van der Waals surface area (Å²) in [6, 6.07) is 11.2. The Hall–Kier alpha value is -0.900. The minimum absolute atomic E-state index is 0.220. The molecule has 3 heteroatoms. The van der Waals surface area contributed by atoms with Crippen LogP contribution in [0.4, 0.5) is 0 Å². The summed E-state index contributed by atoms with van der Waals surface area (Å²) in [6.45, 7) is 5.78. The first-order valence-electron chi connectivity index (χ1n) is 6.89. The number of morpholine rings is 1. The van der Waals surface area contributed by atoms with Crippen LogP contribution in [0.5, 0.6) is 0 Å². The third-order valence-electron chi connectivity index (χ3n) is 3.65. The molecule has 1 saturated heterocycles. The highest BCUT2D eigenvalue weighted by atomic mass is 16.5. The molecule has 18 heavy (non-hydrogen) atoms. The standard InChI is InChI=1S/C15H24N2O/c1-13-12-18-15(10-16)11-17(13)9-5-8-14-6-3-2-4-7-14/h2-4,6-7,13,15H,5,8-12,16H2,1H3. The van der Waals surface area contributed by atoms with Crippen LogP contribution < -0.4 is 5.73 Å². The molecule has 2 unspecified atom stereocenters. The maximum Gasteiger partial charge on any atom is 0.0824 e. The summed E-state index contributed by atoms with van der Waals surface area (Å²) in [6.07, 6.45) is 2.57. The van der Waals surface area contributed by atoms with Gasteiger partial charge in [-0.2, -0.15) is 0 Å². The van der Waals surface area contributed by atoms with E-state index in [1.807, 2.05) is 0 Å². The monoisotopic (exact) mass is 248 g/mol. The van der Waals surface area contributed by atoms with E-state index in [2.05, 4.69) is 42.2 Å². The van der Waals surface area contributed by atoms with Crippen molar-refractivity contribution >= 4 is 0 Å². The van der Waals surface area contributed by atoms with Gasteiger partial charge in [0.15, 0.2) is 0 Å². The lowest BCUT2D eigenvalue weighted by molar-refractivity contribution is -0.0535. The van der Waals surface area contributed by atoms with Crippen LogP contribution in [-0.4, -0.2) is 43.3 Å². The number of hydrogen-bond donors (Lipinski definition) is 1. The molecule has 0 saturated carbocycles. The third kappa shape index (κ3) is 3.80. The highest BCUT2D eigenvalue weighted by Crippen LogP contribution is 2.12. The van der Waals surface area contributed by atoms with Crippen molar-refractivity contribution in [2.45, 2.75) is 31.9 Å². The summed E-state index contributed by atoms with van der Waals surface area (Å²) < 4.78 is 5.67. The molecular weight excluding hydrogens is 224 g/mol. The van der Waals surface area contributed by atoms with Crippen LogP contribution in [0.1, 0.15) is 18.9 Å². The highest BCUT2D eigenvalue weighted by molar-refractivity contribution is 5.14. The van der Waals surface area contributed by atoms with Gasteiger partial charge in [0.05, 0.1) is 12.7 Å². The van der Waals surface area contributed by atoms with Gasteiger partial charge in [0.2, 0.25) is 0 Å². The fourth-order valence-corrected chi connectivity index (χ4v) is 2.46. The smallest absolute Gasteiger partial charge is 0.0824 e. The normalized spacial score (nSPS) is 25.2. The van der Waals surface area contributed by atoms with Gasteiger partial charge in [0, 0.05) is 19.1 Å². The number of benzene rings is 1. The number of aryl methyl sites for hydroxylation is 1. The zero-order chi connectivity index (χ0) is 12.8. The zero-order valence-corrected chi connectivity index (χ0v) is 11.2. The minimum Gasteiger partial charge on any atom is -0.374 e. The first-order chi connectivity index (χ1) is 8.79. The van der Waals surface area contributed by atoms with Gasteiger partial charge in [-0.1, -0.05) is 30.3 Å². The Kier molecular flexibility index (Phi) is 5.17. The number of nitrogens with zero attached hydrogens (tertiary/aromatic N) is 1. The van der Waals surface area contributed by atoms with E-state index in [1.54, 1.807) is 0 Å². The Morgan fingerprint density at radius 2 is 2.11 bits per heavy atom. The molecule has 2 N–H and O–H groups in total. The molecule has 0 aromatic heterocycles. The van der Waals surface area contributed by atoms with E-state index in [9.17, 15) is 0 Å². The van der Waals surface area contributed by atoms with Crippen molar-refractivity contribution in [1.29, 1.82) is 0 Å². The second-order valence-corrected chi connectivity index (χ2v) is 5.12. The van der Waals surface area contributed by atoms with Gasteiger partial charge in [-0.15, -0.1) is 0 Å². The van der Waals surface area contributed by atoms with Crippen molar-refractivity contribution in [1.82, 2.24) is 4.90 Å². The highest BCUT2D eigenvalue weighted by Gasteiger charge is 2.24. The Morgan fingerprint density at radius 3 is 2.83 bits per heavy atom. The van der Waals surface area contributed by atoms with E-state index in [4.69, 9.17) is 10.5 Å². The average Bonchev–Trinajstić information content (AvgIpc) is 2.42. The Labute approximate surface area is 110 Å². The van der Waals surface area contributed by atoms with Gasteiger partial charge in [0.1, 0.15) is 0 Å². The number of hydrogen-bond acceptors (Lipinski definition) is 3. The van der Waals surface area contributed by atoms with Gasteiger partial charge < -0.3 is 10.5 Å². The van der Waals surface area contributed by atoms with Crippen LogP contribution in [-0.2, 0) is 11.2 Å². The molecule has 0 spiro atoms. The molecular formula is C15H24N2O. The first kappa shape index (κ1) is 13.5.